The molecular weight excluding hydrogens is 480 g/mol. The number of carbonyl (C=O) groups excluding carboxylic acids is 1. The van der Waals surface area contributed by atoms with E-state index in [1.54, 1.807) is 6.92 Å². The fourth-order valence-corrected chi connectivity index (χ4v) is 4.96. The highest BCUT2D eigenvalue weighted by molar-refractivity contribution is 7.10. The van der Waals surface area contributed by atoms with Gasteiger partial charge in [0.15, 0.2) is 5.00 Å². The molecule has 202 valence electrons. The minimum atomic E-state index is -0.154. The molecule has 2 aromatic rings. The predicted molar refractivity (Wildman–Crippen MR) is 155 cm³/mol. The summed E-state index contributed by atoms with van der Waals surface area (Å²) in [5.74, 6) is -0.154. The molecule has 7 nitrogen and oxygen atoms in total. The minimum absolute atomic E-state index is 0.154. The number of aryl methyl sites for hydroxylation is 1. The van der Waals surface area contributed by atoms with Gasteiger partial charge in [0.2, 0.25) is 5.91 Å². The number of benzene rings is 1. The molecule has 0 saturated heterocycles. The Bertz CT molecular complexity index is 1010. The summed E-state index contributed by atoms with van der Waals surface area (Å²) in [5.41, 5.74) is 3.38. The van der Waals surface area contributed by atoms with Gasteiger partial charge in [0.1, 0.15) is 17.3 Å². The van der Waals surface area contributed by atoms with Gasteiger partial charge in [0.05, 0.1) is 11.4 Å². The average Bonchev–Trinajstić information content (AvgIpc) is 3.24. The fourth-order valence-electron chi connectivity index (χ4n) is 4.29. The van der Waals surface area contributed by atoms with Crippen LogP contribution in [0, 0.1) is 18.3 Å². The van der Waals surface area contributed by atoms with Gasteiger partial charge in [0.25, 0.3) is 0 Å². The third-order valence-corrected chi connectivity index (χ3v) is 7.25. The van der Waals surface area contributed by atoms with E-state index in [9.17, 15) is 10.1 Å². The Labute approximate surface area is 227 Å². The lowest BCUT2D eigenvalue weighted by Crippen LogP contribution is -2.26. The second kappa shape index (κ2) is 17.6. The molecule has 0 bridgehead atoms. The third kappa shape index (κ3) is 11.0. The number of unbranched alkanes of at least 4 members (excludes halogenated alkanes) is 10. The zero-order chi connectivity index (χ0) is 26.9. The number of nitrogens with zero attached hydrogens (tertiary/aromatic N) is 5. The number of carbonyl (C=O) groups is 1. The van der Waals surface area contributed by atoms with Crippen molar-refractivity contribution in [3.05, 3.63) is 29.5 Å². The number of rotatable bonds is 18. The monoisotopic (exact) mass is 524 g/mol. The zero-order valence-electron chi connectivity index (χ0n) is 23.2. The van der Waals surface area contributed by atoms with Crippen LogP contribution in [0.5, 0.6) is 0 Å². The van der Waals surface area contributed by atoms with Crippen LogP contribution in [0.3, 0.4) is 0 Å². The summed E-state index contributed by atoms with van der Waals surface area (Å²) in [5, 5.41) is 21.4. The molecule has 0 radical (unpaired) electrons. The topological polar surface area (TPSA) is 93.7 Å². The van der Waals surface area contributed by atoms with Crippen molar-refractivity contribution in [1.82, 2.24) is 4.37 Å². The van der Waals surface area contributed by atoms with E-state index in [2.05, 4.69) is 50.8 Å². The smallest absolute Gasteiger partial charge is 0.221 e. The van der Waals surface area contributed by atoms with Gasteiger partial charge in [-0.1, -0.05) is 78.1 Å². The van der Waals surface area contributed by atoms with Crippen molar-refractivity contribution in [2.24, 2.45) is 10.2 Å². The highest BCUT2D eigenvalue weighted by atomic mass is 32.1. The quantitative estimate of drug-likeness (QED) is 0.155. The first-order valence-corrected chi connectivity index (χ1v) is 14.7. The van der Waals surface area contributed by atoms with Crippen LogP contribution < -0.4 is 10.2 Å². The number of hydrogen-bond donors (Lipinski definition) is 1. The maximum absolute atomic E-state index is 12.0. The molecule has 0 unspecified atom stereocenters. The highest BCUT2D eigenvalue weighted by Gasteiger charge is 2.13. The number of aromatic nitrogens is 1. The number of nitrogens with one attached hydrogen (secondary N) is 1. The molecule has 0 aliphatic carbocycles. The molecule has 0 spiro atoms. The molecule has 0 saturated carbocycles. The Morgan fingerprint density at radius 1 is 0.973 bits per heavy atom. The largest absolute Gasteiger partial charge is 0.371 e. The summed E-state index contributed by atoms with van der Waals surface area (Å²) in [6.45, 7) is 9.80. The normalized spacial score (nSPS) is 11.1. The summed E-state index contributed by atoms with van der Waals surface area (Å²) in [7, 11) is 0. The van der Waals surface area contributed by atoms with Gasteiger partial charge in [-0.3, -0.25) is 4.79 Å². The lowest BCUT2D eigenvalue weighted by Gasteiger charge is -2.26. The van der Waals surface area contributed by atoms with E-state index >= 15 is 0 Å². The highest BCUT2D eigenvalue weighted by Crippen LogP contribution is 2.34. The number of amides is 1. The van der Waals surface area contributed by atoms with Crippen LogP contribution >= 0.6 is 11.5 Å². The molecule has 1 heterocycles. The van der Waals surface area contributed by atoms with Crippen LogP contribution in [-0.2, 0) is 4.79 Å². The molecule has 0 aliphatic heterocycles. The van der Waals surface area contributed by atoms with E-state index in [-0.39, 0.29) is 5.91 Å². The van der Waals surface area contributed by atoms with Crippen LogP contribution in [0.4, 0.5) is 22.1 Å². The van der Waals surface area contributed by atoms with Crippen LogP contribution in [-0.4, -0.2) is 23.4 Å². The lowest BCUT2D eigenvalue weighted by molar-refractivity contribution is -0.114. The predicted octanol–water partition coefficient (Wildman–Crippen LogP) is 9.22. The zero-order valence-corrected chi connectivity index (χ0v) is 24.0. The van der Waals surface area contributed by atoms with E-state index < -0.39 is 0 Å². The van der Waals surface area contributed by atoms with Crippen LogP contribution in [0.2, 0.25) is 0 Å². The summed E-state index contributed by atoms with van der Waals surface area (Å²) >= 11 is 1.15. The molecule has 2 rings (SSSR count). The Hall–Kier alpha value is -2.79. The molecule has 1 aromatic heterocycles. The Kier molecular flexibility index (Phi) is 14.5. The van der Waals surface area contributed by atoms with E-state index in [4.69, 9.17) is 0 Å². The van der Waals surface area contributed by atoms with E-state index in [0.29, 0.717) is 27.6 Å². The molecule has 0 aliphatic rings. The van der Waals surface area contributed by atoms with Crippen molar-refractivity contribution in [3.63, 3.8) is 0 Å². The average molecular weight is 525 g/mol. The molecule has 1 aromatic carbocycles. The number of azo groups is 1. The van der Waals surface area contributed by atoms with Crippen LogP contribution in [0.1, 0.15) is 109 Å². The van der Waals surface area contributed by atoms with Gasteiger partial charge in [-0.25, -0.2) is 0 Å². The first-order chi connectivity index (χ1) is 18.0. The maximum atomic E-state index is 12.0. The molecule has 1 amide bonds. The van der Waals surface area contributed by atoms with Crippen molar-refractivity contribution >= 4 is 39.5 Å². The van der Waals surface area contributed by atoms with Crippen molar-refractivity contribution in [1.29, 1.82) is 5.26 Å². The molecule has 1 N–H and O–H groups in total. The van der Waals surface area contributed by atoms with E-state index in [0.717, 1.165) is 43.2 Å². The van der Waals surface area contributed by atoms with E-state index in [1.807, 2.05) is 12.1 Å². The van der Waals surface area contributed by atoms with Crippen LogP contribution in [0.25, 0.3) is 0 Å². The lowest BCUT2D eigenvalue weighted by atomic mass is 10.1. The molecule has 8 heteroatoms. The van der Waals surface area contributed by atoms with Crippen molar-refractivity contribution in [2.75, 3.05) is 23.3 Å². The van der Waals surface area contributed by atoms with Gasteiger partial charge in [-0.05, 0) is 49.5 Å². The Balaban J connectivity index is 2.18. The van der Waals surface area contributed by atoms with Gasteiger partial charge in [-0.2, -0.15) is 9.64 Å². The van der Waals surface area contributed by atoms with Gasteiger partial charge >= 0.3 is 0 Å². The summed E-state index contributed by atoms with van der Waals surface area (Å²) in [6, 6.07) is 8.12. The van der Waals surface area contributed by atoms with E-state index in [1.165, 1.54) is 71.1 Å². The Morgan fingerprint density at radius 3 is 2.14 bits per heavy atom. The second-order valence-corrected chi connectivity index (χ2v) is 10.4. The van der Waals surface area contributed by atoms with Crippen molar-refractivity contribution in [2.45, 2.75) is 105 Å². The van der Waals surface area contributed by atoms with Gasteiger partial charge in [-0.15, -0.1) is 10.2 Å². The molecule has 37 heavy (non-hydrogen) atoms. The third-order valence-electron chi connectivity index (χ3n) is 6.42. The molecule has 0 atom stereocenters. The number of anilines is 2. The van der Waals surface area contributed by atoms with Crippen molar-refractivity contribution in [3.8, 4) is 6.07 Å². The standard InChI is InChI=1S/C29H44N6OS/c1-5-7-9-11-13-15-19-35(20-16-14-12-10-8-6-2)25-17-18-27(28(21-25)31-24(4)36)32-33-29-26(22-30)23(3)34-37-29/h17-18,21H,5-16,19-20H2,1-4H3,(H,31,36). The second-order valence-electron chi connectivity index (χ2n) is 9.67. The summed E-state index contributed by atoms with van der Waals surface area (Å²) in [4.78, 5) is 14.4. The summed E-state index contributed by atoms with van der Waals surface area (Å²) < 4.78 is 4.20. The van der Waals surface area contributed by atoms with Gasteiger partial charge in [0, 0.05) is 25.7 Å². The first kappa shape index (κ1) is 30.4. The van der Waals surface area contributed by atoms with Crippen molar-refractivity contribution < 1.29 is 4.79 Å². The SMILES string of the molecule is CCCCCCCCN(CCCCCCCC)c1ccc(N=Nc2snc(C)c2C#N)c(NC(C)=O)c1. The molecule has 0 fully saturated rings. The first-order valence-electron chi connectivity index (χ1n) is 13.9. The fraction of sp³-hybridized carbons (Fsp3) is 0.621. The minimum Gasteiger partial charge on any atom is -0.371 e. The van der Waals surface area contributed by atoms with Gasteiger partial charge < -0.3 is 10.2 Å². The van der Waals surface area contributed by atoms with Crippen LogP contribution in [0.15, 0.2) is 28.4 Å². The Morgan fingerprint density at radius 2 is 1.57 bits per heavy atom. The number of hydrogen-bond acceptors (Lipinski definition) is 7. The molecular formula is C29H44N6OS. The number of nitriles is 1. The maximum Gasteiger partial charge on any atom is 0.221 e. The summed E-state index contributed by atoms with van der Waals surface area (Å²) in [6.07, 6.45) is 15.2.